The van der Waals surface area contributed by atoms with Crippen molar-refractivity contribution in [2.45, 2.75) is 31.8 Å². The number of aliphatic carboxylic acids is 1. The predicted octanol–water partition coefficient (Wildman–Crippen LogP) is 2.07. The third-order valence-electron chi connectivity index (χ3n) is 3.65. The molecule has 0 bridgehead atoms. The van der Waals surface area contributed by atoms with Crippen LogP contribution in [0, 0.1) is 5.41 Å². The Bertz CT molecular complexity index is 404. The second kappa shape index (κ2) is 4.37. The molecule has 1 saturated carbocycles. The lowest BCUT2D eigenvalue weighted by Gasteiger charge is -2.30. The molecule has 92 valence electrons. The summed E-state index contributed by atoms with van der Waals surface area (Å²) in [6, 6.07) is 6.07. The summed E-state index contributed by atoms with van der Waals surface area (Å²) >= 11 is 0. The van der Waals surface area contributed by atoms with E-state index in [2.05, 4.69) is 0 Å². The monoisotopic (exact) mass is 236 g/mol. The number of aliphatic hydroxyl groups excluding tert-OH is 1. The Morgan fingerprint density at radius 1 is 1.18 bits per heavy atom. The van der Waals surface area contributed by atoms with E-state index in [-0.39, 0.29) is 5.75 Å². The van der Waals surface area contributed by atoms with Gasteiger partial charge in [-0.15, -0.1) is 0 Å². The van der Waals surface area contributed by atoms with Crippen molar-refractivity contribution in [3.05, 3.63) is 29.8 Å². The lowest BCUT2D eigenvalue weighted by Crippen LogP contribution is -2.34. The summed E-state index contributed by atoms with van der Waals surface area (Å²) in [5, 5.41) is 28.8. The van der Waals surface area contributed by atoms with Crippen molar-refractivity contribution in [1.82, 2.24) is 0 Å². The molecule has 2 rings (SSSR count). The van der Waals surface area contributed by atoms with Crippen molar-refractivity contribution in [3.63, 3.8) is 0 Å². The van der Waals surface area contributed by atoms with Gasteiger partial charge in [0.15, 0.2) is 0 Å². The highest BCUT2D eigenvalue weighted by Crippen LogP contribution is 2.47. The van der Waals surface area contributed by atoms with Crippen LogP contribution >= 0.6 is 0 Å². The highest BCUT2D eigenvalue weighted by Gasteiger charge is 2.47. The highest BCUT2D eigenvalue weighted by molar-refractivity contribution is 5.76. The smallest absolute Gasteiger partial charge is 0.312 e. The van der Waals surface area contributed by atoms with Crippen LogP contribution in [0.4, 0.5) is 0 Å². The zero-order chi connectivity index (χ0) is 12.5. The minimum Gasteiger partial charge on any atom is -0.508 e. The number of aliphatic hydroxyl groups is 1. The maximum atomic E-state index is 11.4. The topological polar surface area (TPSA) is 77.8 Å². The highest BCUT2D eigenvalue weighted by atomic mass is 16.4. The average molecular weight is 236 g/mol. The van der Waals surface area contributed by atoms with Crippen LogP contribution in [-0.2, 0) is 4.79 Å². The molecule has 1 atom stereocenters. The first-order chi connectivity index (χ1) is 8.06. The Kier molecular flexibility index (Phi) is 3.07. The van der Waals surface area contributed by atoms with Gasteiger partial charge in [0.25, 0.3) is 0 Å². The van der Waals surface area contributed by atoms with Gasteiger partial charge < -0.3 is 15.3 Å². The summed E-state index contributed by atoms with van der Waals surface area (Å²) in [5.74, 6) is -0.827. The number of rotatable bonds is 3. The molecular formula is C13H16O4. The minimum atomic E-state index is -1.06. The molecule has 0 aromatic heterocycles. The second-order valence-electron chi connectivity index (χ2n) is 4.66. The third-order valence-corrected chi connectivity index (χ3v) is 3.65. The minimum absolute atomic E-state index is 0.108. The molecule has 4 nitrogen and oxygen atoms in total. The molecule has 17 heavy (non-hydrogen) atoms. The molecule has 0 radical (unpaired) electrons. The zero-order valence-electron chi connectivity index (χ0n) is 9.47. The van der Waals surface area contributed by atoms with Gasteiger partial charge in [-0.2, -0.15) is 0 Å². The van der Waals surface area contributed by atoms with E-state index in [4.69, 9.17) is 0 Å². The molecule has 0 aliphatic heterocycles. The van der Waals surface area contributed by atoms with Gasteiger partial charge in [0.05, 0.1) is 11.5 Å². The molecule has 1 aliphatic carbocycles. The number of phenols is 1. The first kappa shape index (κ1) is 11.9. The fourth-order valence-electron chi connectivity index (χ4n) is 2.59. The molecule has 0 spiro atoms. The Labute approximate surface area is 99.5 Å². The quantitative estimate of drug-likeness (QED) is 0.750. The number of benzene rings is 1. The number of phenolic OH excluding ortho intramolecular Hbond substituents is 1. The molecule has 1 unspecified atom stereocenters. The van der Waals surface area contributed by atoms with Crippen LogP contribution in [0.25, 0.3) is 0 Å². The average Bonchev–Trinajstić information content (AvgIpc) is 2.79. The third kappa shape index (κ3) is 2.00. The van der Waals surface area contributed by atoms with Gasteiger partial charge in [-0.05, 0) is 30.5 Å². The zero-order valence-corrected chi connectivity index (χ0v) is 9.47. The van der Waals surface area contributed by atoms with Crippen LogP contribution in [0.1, 0.15) is 37.4 Å². The number of hydrogen-bond donors (Lipinski definition) is 3. The molecule has 0 amide bonds. The second-order valence-corrected chi connectivity index (χ2v) is 4.66. The molecule has 1 aliphatic rings. The fourth-order valence-corrected chi connectivity index (χ4v) is 2.59. The lowest BCUT2D eigenvalue weighted by atomic mass is 9.77. The van der Waals surface area contributed by atoms with E-state index in [0.717, 1.165) is 12.8 Å². The molecule has 0 saturated heterocycles. The molecule has 1 aromatic rings. The van der Waals surface area contributed by atoms with Crippen LogP contribution < -0.4 is 0 Å². The molecular weight excluding hydrogens is 220 g/mol. The number of hydrogen-bond acceptors (Lipinski definition) is 3. The SMILES string of the molecule is O=C(O)C1(C(O)c2ccc(O)cc2)CCCC1. The maximum absolute atomic E-state index is 11.4. The molecule has 0 heterocycles. The van der Waals surface area contributed by atoms with Crippen molar-refractivity contribution in [2.75, 3.05) is 0 Å². The number of carbonyl (C=O) groups is 1. The van der Waals surface area contributed by atoms with Crippen LogP contribution in [0.3, 0.4) is 0 Å². The number of carboxylic acid groups (broad SMARTS) is 1. The van der Waals surface area contributed by atoms with E-state index in [9.17, 15) is 20.1 Å². The molecule has 3 N–H and O–H groups in total. The van der Waals surface area contributed by atoms with Crippen molar-refractivity contribution in [2.24, 2.45) is 5.41 Å². The van der Waals surface area contributed by atoms with Crippen molar-refractivity contribution < 1.29 is 20.1 Å². The van der Waals surface area contributed by atoms with Crippen LogP contribution in [-0.4, -0.2) is 21.3 Å². The first-order valence-corrected chi connectivity index (χ1v) is 5.77. The molecule has 1 aromatic carbocycles. The van der Waals surface area contributed by atoms with E-state index in [1.165, 1.54) is 12.1 Å². The van der Waals surface area contributed by atoms with Gasteiger partial charge >= 0.3 is 5.97 Å². The predicted molar refractivity (Wildman–Crippen MR) is 61.6 cm³/mol. The van der Waals surface area contributed by atoms with Crippen molar-refractivity contribution in [1.29, 1.82) is 0 Å². The van der Waals surface area contributed by atoms with Crippen molar-refractivity contribution in [3.8, 4) is 5.75 Å². The van der Waals surface area contributed by atoms with E-state index >= 15 is 0 Å². The van der Waals surface area contributed by atoms with Crippen LogP contribution in [0.15, 0.2) is 24.3 Å². The van der Waals surface area contributed by atoms with E-state index in [1.807, 2.05) is 0 Å². The first-order valence-electron chi connectivity index (χ1n) is 5.77. The van der Waals surface area contributed by atoms with Gasteiger partial charge in [-0.1, -0.05) is 25.0 Å². The summed E-state index contributed by atoms with van der Waals surface area (Å²) in [6.45, 7) is 0. The van der Waals surface area contributed by atoms with Gasteiger partial charge in [0.2, 0.25) is 0 Å². The summed E-state index contributed by atoms with van der Waals surface area (Å²) in [4.78, 5) is 11.4. The number of aromatic hydroxyl groups is 1. The number of carboxylic acids is 1. The lowest BCUT2D eigenvalue weighted by molar-refractivity contribution is -0.156. The van der Waals surface area contributed by atoms with E-state index < -0.39 is 17.5 Å². The maximum Gasteiger partial charge on any atom is 0.312 e. The van der Waals surface area contributed by atoms with E-state index in [0.29, 0.717) is 18.4 Å². The molecule has 4 heteroatoms. The van der Waals surface area contributed by atoms with E-state index in [1.54, 1.807) is 12.1 Å². The van der Waals surface area contributed by atoms with Gasteiger partial charge in [-0.25, -0.2) is 0 Å². The standard InChI is InChI=1S/C13H16O4/c14-10-5-3-9(4-6-10)11(15)13(12(16)17)7-1-2-8-13/h3-6,11,14-15H,1-2,7-8H2,(H,16,17). The largest absolute Gasteiger partial charge is 0.508 e. The summed E-state index contributed by atoms with van der Waals surface area (Å²) in [7, 11) is 0. The van der Waals surface area contributed by atoms with Gasteiger partial charge in [0.1, 0.15) is 5.75 Å². The normalized spacial score (nSPS) is 20.1. The van der Waals surface area contributed by atoms with Gasteiger partial charge in [-0.3, -0.25) is 4.79 Å². The van der Waals surface area contributed by atoms with Gasteiger partial charge in [0, 0.05) is 0 Å². The Morgan fingerprint density at radius 3 is 2.18 bits per heavy atom. The Balaban J connectivity index is 2.31. The van der Waals surface area contributed by atoms with Crippen LogP contribution in [0.2, 0.25) is 0 Å². The van der Waals surface area contributed by atoms with Crippen molar-refractivity contribution >= 4 is 5.97 Å². The summed E-state index contributed by atoms with van der Waals surface area (Å²) in [5.41, 5.74) is -0.510. The fraction of sp³-hybridized carbons (Fsp3) is 0.462. The Morgan fingerprint density at radius 2 is 1.71 bits per heavy atom. The summed E-state index contributed by atoms with van der Waals surface area (Å²) < 4.78 is 0. The molecule has 1 fully saturated rings. The summed E-state index contributed by atoms with van der Waals surface area (Å²) in [6.07, 6.45) is 1.67. The van der Waals surface area contributed by atoms with Crippen LogP contribution in [0.5, 0.6) is 5.75 Å². The Hall–Kier alpha value is -1.55.